The normalized spacial score (nSPS) is 11.3. The maximum atomic E-state index is 12.2. The van der Waals surface area contributed by atoms with Gasteiger partial charge in [0.1, 0.15) is 5.82 Å². The maximum absolute atomic E-state index is 12.2. The molecule has 0 saturated carbocycles. The van der Waals surface area contributed by atoms with Crippen LogP contribution in [-0.2, 0) is 16.1 Å². The number of aromatic nitrogens is 4. The van der Waals surface area contributed by atoms with E-state index in [-0.39, 0.29) is 11.8 Å². The molecule has 0 aromatic carbocycles. The lowest BCUT2D eigenvalue weighted by Gasteiger charge is -2.13. The quantitative estimate of drug-likeness (QED) is 0.299. The second kappa shape index (κ2) is 11.9. The van der Waals surface area contributed by atoms with Gasteiger partial charge in [0.2, 0.25) is 5.91 Å². The number of nitrogens with one attached hydrogen (secondary N) is 2. The zero-order valence-corrected chi connectivity index (χ0v) is 18.1. The highest BCUT2D eigenvalue weighted by atomic mass is 32.2. The zero-order chi connectivity index (χ0) is 20.4. The summed E-state index contributed by atoms with van der Waals surface area (Å²) in [6.45, 7) is 8.58. The molecule has 156 valence electrons. The molecule has 9 heteroatoms. The van der Waals surface area contributed by atoms with Crippen LogP contribution in [0.4, 0.5) is 5.82 Å². The second-order valence-electron chi connectivity index (χ2n) is 6.53. The number of amides is 1. The monoisotopic (exact) mass is 408 g/mol. The van der Waals surface area contributed by atoms with Gasteiger partial charge >= 0.3 is 0 Å². The molecule has 0 aliphatic rings. The predicted molar refractivity (Wildman–Crippen MR) is 114 cm³/mol. The van der Waals surface area contributed by atoms with Crippen molar-refractivity contribution in [3.05, 3.63) is 6.20 Å². The Kier molecular flexibility index (Phi) is 9.49. The first-order chi connectivity index (χ1) is 13.6. The second-order valence-corrected chi connectivity index (χ2v) is 7.59. The number of fused-ring (bicyclic) bond motifs is 1. The lowest BCUT2D eigenvalue weighted by Crippen LogP contribution is -2.32. The molecule has 2 aromatic heterocycles. The van der Waals surface area contributed by atoms with E-state index in [2.05, 4.69) is 27.6 Å². The topological polar surface area (TPSA) is 94.0 Å². The molecule has 0 saturated heterocycles. The molecule has 2 rings (SSSR count). The van der Waals surface area contributed by atoms with Crippen molar-refractivity contribution in [3.63, 3.8) is 0 Å². The molecule has 0 spiro atoms. The summed E-state index contributed by atoms with van der Waals surface area (Å²) in [7, 11) is 1.67. The maximum Gasteiger partial charge on any atom is 0.223 e. The Morgan fingerprint density at radius 1 is 1.25 bits per heavy atom. The van der Waals surface area contributed by atoms with Crippen molar-refractivity contribution < 1.29 is 9.53 Å². The van der Waals surface area contributed by atoms with E-state index in [0.717, 1.165) is 47.0 Å². The summed E-state index contributed by atoms with van der Waals surface area (Å²) in [4.78, 5) is 21.5. The molecule has 2 heterocycles. The minimum absolute atomic E-state index is 0.0744. The Balaban J connectivity index is 2.14. The van der Waals surface area contributed by atoms with Crippen molar-refractivity contribution in [2.24, 2.45) is 5.92 Å². The van der Waals surface area contributed by atoms with Gasteiger partial charge in [-0.3, -0.25) is 4.79 Å². The van der Waals surface area contributed by atoms with Gasteiger partial charge in [-0.1, -0.05) is 32.5 Å². The van der Waals surface area contributed by atoms with Crippen molar-refractivity contribution in [1.29, 1.82) is 0 Å². The highest BCUT2D eigenvalue weighted by Gasteiger charge is 2.15. The van der Waals surface area contributed by atoms with E-state index < -0.39 is 0 Å². The van der Waals surface area contributed by atoms with Gasteiger partial charge in [-0.05, 0) is 19.3 Å². The van der Waals surface area contributed by atoms with Crippen LogP contribution in [0.5, 0.6) is 0 Å². The van der Waals surface area contributed by atoms with Crippen LogP contribution in [0.15, 0.2) is 11.4 Å². The summed E-state index contributed by atoms with van der Waals surface area (Å²) in [6, 6.07) is 0. The van der Waals surface area contributed by atoms with E-state index in [1.54, 1.807) is 25.1 Å². The van der Waals surface area contributed by atoms with Crippen molar-refractivity contribution in [2.45, 2.75) is 51.7 Å². The number of nitrogens with zero attached hydrogens (tertiary/aromatic N) is 4. The van der Waals surface area contributed by atoms with Crippen molar-refractivity contribution >= 4 is 34.5 Å². The number of carbonyl (C=O) groups excluding carboxylic acids is 1. The van der Waals surface area contributed by atoms with Crippen molar-refractivity contribution in [3.8, 4) is 0 Å². The Morgan fingerprint density at radius 2 is 2.04 bits per heavy atom. The Morgan fingerprint density at radius 3 is 2.71 bits per heavy atom. The number of methoxy groups -OCH3 is 1. The van der Waals surface area contributed by atoms with E-state index in [1.807, 2.05) is 18.5 Å². The third-order valence-corrected chi connectivity index (χ3v) is 5.54. The number of hydrogen-bond acceptors (Lipinski definition) is 7. The molecule has 0 bridgehead atoms. The third-order valence-electron chi connectivity index (χ3n) is 4.49. The van der Waals surface area contributed by atoms with Crippen LogP contribution in [0.25, 0.3) is 11.0 Å². The van der Waals surface area contributed by atoms with E-state index >= 15 is 0 Å². The highest BCUT2D eigenvalue weighted by molar-refractivity contribution is 7.99. The van der Waals surface area contributed by atoms with Crippen LogP contribution in [-0.4, -0.2) is 58.2 Å². The summed E-state index contributed by atoms with van der Waals surface area (Å²) in [5.74, 6) is 1.92. The van der Waals surface area contributed by atoms with Crippen LogP contribution in [0.3, 0.4) is 0 Å². The third kappa shape index (κ3) is 6.07. The molecule has 0 unspecified atom stereocenters. The summed E-state index contributed by atoms with van der Waals surface area (Å²) >= 11 is 1.64. The fourth-order valence-electron chi connectivity index (χ4n) is 2.85. The summed E-state index contributed by atoms with van der Waals surface area (Å²) in [5, 5.41) is 12.4. The first-order valence-corrected chi connectivity index (χ1v) is 11.0. The van der Waals surface area contributed by atoms with Gasteiger partial charge in [-0.25, -0.2) is 14.6 Å². The smallest absolute Gasteiger partial charge is 0.223 e. The molecule has 0 radical (unpaired) electrons. The molecular formula is C19H32N6O2S. The van der Waals surface area contributed by atoms with Gasteiger partial charge in [0, 0.05) is 31.9 Å². The number of thioether (sulfide) groups is 1. The van der Waals surface area contributed by atoms with Crippen LogP contribution >= 0.6 is 11.8 Å². The van der Waals surface area contributed by atoms with E-state index in [1.165, 1.54) is 0 Å². The van der Waals surface area contributed by atoms with Gasteiger partial charge in [-0.15, -0.1) is 0 Å². The van der Waals surface area contributed by atoms with Crippen LogP contribution in [0.1, 0.15) is 40.0 Å². The molecule has 0 atom stereocenters. The fraction of sp³-hybridized carbons (Fsp3) is 0.684. The molecule has 28 heavy (non-hydrogen) atoms. The van der Waals surface area contributed by atoms with Crippen molar-refractivity contribution in [1.82, 2.24) is 25.1 Å². The summed E-state index contributed by atoms with van der Waals surface area (Å²) in [5.41, 5.74) is 0.783. The number of rotatable bonds is 13. The van der Waals surface area contributed by atoms with Gasteiger partial charge in [0.15, 0.2) is 10.8 Å². The fourth-order valence-corrected chi connectivity index (χ4v) is 3.55. The predicted octanol–water partition coefficient (Wildman–Crippen LogP) is 2.94. The molecule has 2 aromatic rings. The summed E-state index contributed by atoms with van der Waals surface area (Å²) < 4.78 is 6.95. The Labute approximate surface area is 171 Å². The standard InChI is InChI=1S/C19H32N6O2S/c1-5-12-28-19-23-16(20-9-11-27-4)15-13-22-25(17(15)24-19)10-8-21-18(26)14(6-2)7-3/h13-14H,5-12H2,1-4H3,(H,21,26)(H,20,23,24). The molecule has 0 aliphatic carbocycles. The number of anilines is 1. The Bertz CT molecular complexity index is 747. The SMILES string of the molecule is CCCSc1nc(NCCOC)c2cnn(CCNC(=O)C(CC)CC)c2n1. The van der Waals surface area contributed by atoms with Gasteiger partial charge in [0.25, 0.3) is 0 Å². The minimum Gasteiger partial charge on any atom is -0.383 e. The van der Waals surface area contributed by atoms with E-state index in [9.17, 15) is 4.79 Å². The molecule has 2 N–H and O–H groups in total. The summed E-state index contributed by atoms with van der Waals surface area (Å²) in [6.07, 6.45) is 4.55. The number of hydrogen-bond donors (Lipinski definition) is 2. The molecule has 0 aliphatic heterocycles. The highest BCUT2D eigenvalue weighted by Crippen LogP contribution is 2.24. The average Bonchev–Trinajstić information content (AvgIpc) is 3.10. The average molecular weight is 409 g/mol. The lowest BCUT2D eigenvalue weighted by molar-refractivity contribution is -0.125. The van der Waals surface area contributed by atoms with Gasteiger partial charge in [-0.2, -0.15) is 5.10 Å². The van der Waals surface area contributed by atoms with Crippen molar-refractivity contribution in [2.75, 3.05) is 37.9 Å². The zero-order valence-electron chi connectivity index (χ0n) is 17.3. The first kappa shape index (κ1) is 22.4. The molecule has 1 amide bonds. The Hall–Kier alpha value is -1.87. The van der Waals surface area contributed by atoms with Crippen LogP contribution in [0.2, 0.25) is 0 Å². The largest absolute Gasteiger partial charge is 0.383 e. The van der Waals surface area contributed by atoms with E-state index in [0.29, 0.717) is 26.2 Å². The first-order valence-electron chi connectivity index (χ1n) is 10.0. The minimum atomic E-state index is 0.0744. The molecular weight excluding hydrogens is 376 g/mol. The lowest BCUT2D eigenvalue weighted by atomic mass is 10.0. The van der Waals surface area contributed by atoms with E-state index in [4.69, 9.17) is 9.72 Å². The number of ether oxygens (including phenoxy) is 1. The van der Waals surface area contributed by atoms with Gasteiger partial charge in [0.05, 0.1) is 24.7 Å². The van der Waals surface area contributed by atoms with Crippen LogP contribution in [0, 0.1) is 5.92 Å². The molecule has 0 fully saturated rings. The molecule has 8 nitrogen and oxygen atoms in total. The van der Waals surface area contributed by atoms with Gasteiger partial charge < -0.3 is 15.4 Å². The number of carbonyl (C=O) groups is 1. The van der Waals surface area contributed by atoms with Crippen LogP contribution < -0.4 is 10.6 Å².